The molecule has 2 heterocycles. The van der Waals surface area contributed by atoms with Crippen LogP contribution in [0.25, 0.3) is 11.1 Å². The molecule has 5 heteroatoms. The number of carbonyl (C=O) groups excluding carboxylic acids is 1. The number of ether oxygens (including phenoxy) is 2. The van der Waals surface area contributed by atoms with E-state index in [0.717, 1.165) is 30.7 Å². The molecule has 2 aromatic rings. The average molecular weight is 409 g/mol. The van der Waals surface area contributed by atoms with Crippen LogP contribution in [-0.4, -0.2) is 43.3 Å². The van der Waals surface area contributed by atoms with E-state index in [1.54, 1.807) is 0 Å². The number of piperidine rings is 1. The van der Waals surface area contributed by atoms with Gasteiger partial charge in [0.25, 0.3) is 0 Å². The van der Waals surface area contributed by atoms with Crippen LogP contribution >= 0.6 is 0 Å². The molecule has 30 heavy (non-hydrogen) atoms. The molecule has 1 spiro atoms. The number of anilines is 1. The van der Waals surface area contributed by atoms with E-state index in [1.807, 2.05) is 11.9 Å². The fraction of sp³-hybridized carbons (Fsp3) is 0.480. The quantitative estimate of drug-likeness (QED) is 0.744. The second-order valence-electron chi connectivity index (χ2n) is 9.71. The average Bonchev–Trinajstić information content (AvgIpc) is 3.08. The number of rotatable bonds is 3. The summed E-state index contributed by atoms with van der Waals surface area (Å²) in [7, 11) is 1.93. The van der Waals surface area contributed by atoms with Crippen LogP contribution in [0, 0.1) is 5.41 Å². The van der Waals surface area contributed by atoms with Crippen molar-refractivity contribution in [1.82, 2.24) is 4.90 Å². The minimum Gasteiger partial charge on any atom is -0.487 e. The van der Waals surface area contributed by atoms with Gasteiger partial charge in [-0.3, -0.25) is 0 Å². The summed E-state index contributed by atoms with van der Waals surface area (Å²) in [4.78, 5) is 14.2. The zero-order chi connectivity index (χ0) is 21.4. The summed E-state index contributed by atoms with van der Waals surface area (Å²) in [6, 6.07) is 14.9. The van der Waals surface area contributed by atoms with Crippen LogP contribution in [0.15, 0.2) is 42.5 Å². The van der Waals surface area contributed by atoms with Crippen molar-refractivity contribution in [3.8, 4) is 16.9 Å². The summed E-state index contributed by atoms with van der Waals surface area (Å²) in [6.45, 7) is 7.99. The first-order valence-corrected chi connectivity index (χ1v) is 10.8. The van der Waals surface area contributed by atoms with Gasteiger partial charge in [0, 0.05) is 45.1 Å². The first-order valence-electron chi connectivity index (χ1n) is 10.8. The lowest BCUT2D eigenvalue weighted by atomic mass is 9.86. The van der Waals surface area contributed by atoms with Crippen LogP contribution in [0.4, 0.5) is 10.5 Å². The molecule has 0 unspecified atom stereocenters. The second kappa shape index (κ2) is 7.86. The minimum absolute atomic E-state index is 0.0199. The van der Waals surface area contributed by atoms with Gasteiger partial charge in [-0.1, -0.05) is 39.0 Å². The first kappa shape index (κ1) is 20.6. The molecule has 2 aromatic carbocycles. The van der Waals surface area contributed by atoms with E-state index in [1.165, 1.54) is 16.7 Å². The van der Waals surface area contributed by atoms with Crippen molar-refractivity contribution in [2.45, 2.75) is 45.6 Å². The molecule has 0 atom stereocenters. The van der Waals surface area contributed by atoms with Crippen molar-refractivity contribution in [1.29, 1.82) is 0 Å². The van der Waals surface area contributed by atoms with Crippen molar-refractivity contribution >= 4 is 11.8 Å². The van der Waals surface area contributed by atoms with Crippen molar-refractivity contribution in [2.75, 3.05) is 32.1 Å². The summed E-state index contributed by atoms with van der Waals surface area (Å²) in [6.07, 6.45) is 2.36. The third kappa shape index (κ3) is 4.40. The molecule has 160 valence electrons. The molecule has 1 saturated heterocycles. The van der Waals surface area contributed by atoms with Gasteiger partial charge in [-0.05, 0) is 46.4 Å². The Morgan fingerprint density at radius 2 is 1.77 bits per heavy atom. The predicted molar refractivity (Wildman–Crippen MR) is 120 cm³/mol. The molecule has 2 aliphatic rings. The largest absolute Gasteiger partial charge is 0.487 e. The highest BCUT2D eigenvalue weighted by molar-refractivity contribution is 5.69. The molecule has 4 rings (SSSR count). The molecule has 0 radical (unpaired) electrons. The van der Waals surface area contributed by atoms with Crippen LogP contribution in [0.2, 0.25) is 0 Å². The Morgan fingerprint density at radius 3 is 2.40 bits per heavy atom. The molecule has 0 bridgehead atoms. The molecule has 0 saturated carbocycles. The molecule has 1 N–H and O–H groups in total. The molecule has 0 aromatic heterocycles. The number of fused-ring (bicyclic) bond motifs is 1. The van der Waals surface area contributed by atoms with E-state index >= 15 is 0 Å². The van der Waals surface area contributed by atoms with E-state index in [9.17, 15) is 4.79 Å². The van der Waals surface area contributed by atoms with Gasteiger partial charge in [-0.2, -0.15) is 0 Å². The highest BCUT2D eigenvalue weighted by atomic mass is 16.6. The molecule has 5 nitrogen and oxygen atoms in total. The van der Waals surface area contributed by atoms with Crippen molar-refractivity contribution < 1.29 is 14.3 Å². The number of nitrogens with one attached hydrogen (secondary N) is 1. The summed E-state index contributed by atoms with van der Waals surface area (Å²) >= 11 is 0. The summed E-state index contributed by atoms with van der Waals surface area (Å²) < 4.78 is 11.9. The SMILES string of the molecule is CNc1ccc(-c2ccc3c(c2)CC2(CCN(C(=O)OCC(C)(C)C)CC2)O3)cc1. The molecular formula is C25H32N2O3. The zero-order valence-electron chi connectivity index (χ0n) is 18.5. The molecule has 1 fully saturated rings. The summed E-state index contributed by atoms with van der Waals surface area (Å²) in [5.41, 5.74) is 4.56. The number of hydrogen-bond acceptors (Lipinski definition) is 4. The standard InChI is InChI=1S/C25H32N2O3/c1-24(2,3)17-29-23(28)27-13-11-25(12-14-27)16-20-15-19(7-10-22(20)30-25)18-5-8-21(26-4)9-6-18/h5-10,15,26H,11-14,16-17H2,1-4H3. The summed E-state index contributed by atoms with van der Waals surface area (Å²) in [5, 5.41) is 3.16. The molecule has 1 amide bonds. The number of carbonyl (C=O) groups is 1. The van der Waals surface area contributed by atoms with Gasteiger partial charge >= 0.3 is 6.09 Å². The van der Waals surface area contributed by atoms with Crippen LogP contribution in [0.3, 0.4) is 0 Å². The van der Waals surface area contributed by atoms with Crippen molar-refractivity contribution in [3.63, 3.8) is 0 Å². The lowest BCUT2D eigenvalue weighted by molar-refractivity contribution is 0.00956. The third-order valence-corrected chi connectivity index (χ3v) is 5.97. The number of amides is 1. The highest BCUT2D eigenvalue weighted by Crippen LogP contribution is 2.42. The topological polar surface area (TPSA) is 50.8 Å². The normalized spacial score (nSPS) is 17.4. The maximum atomic E-state index is 12.4. The Bertz CT molecular complexity index is 907. The Morgan fingerprint density at radius 1 is 1.10 bits per heavy atom. The smallest absolute Gasteiger partial charge is 0.409 e. The number of nitrogens with zero attached hydrogens (tertiary/aromatic N) is 1. The zero-order valence-corrected chi connectivity index (χ0v) is 18.5. The number of benzene rings is 2. The number of likely N-dealkylation sites (tertiary alicyclic amines) is 1. The Hall–Kier alpha value is -2.69. The lowest BCUT2D eigenvalue weighted by Crippen LogP contribution is -2.49. The number of hydrogen-bond donors (Lipinski definition) is 1. The van der Waals surface area contributed by atoms with E-state index in [2.05, 4.69) is 68.6 Å². The Balaban J connectivity index is 1.39. The van der Waals surface area contributed by atoms with Crippen LogP contribution in [0.5, 0.6) is 5.75 Å². The Labute approximate surface area is 179 Å². The fourth-order valence-electron chi connectivity index (χ4n) is 4.19. The minimum atomic E-state index is -0.206. The highest BCUT2D eigenvalue weighted by Gasteiger charge is 2.43. The third-order valence-electron chi connectivity index (χ3n) is 5.97. The molecular weight excluding hydrogens is 376 g/mol. The predicted octanol–water partition coefficient (Wildman–Crippen LogP) is 5.35. The fourth-order valence-corrected chi connectivity index (χ4v) is 4.19. The van der Waals surface area contributed by atoms with Gasteiger partial charge < -0.3 is 19.7 Å². The van der Waals surface area contributed by atoms with Gasteiger partial charge in [0.05, 0.1) is 6.61 Å². The lowest BCUT2D eigenvalue weighted by Gasteiger charge is -2.38. The van der Waals surface area contributed by atoms with Gasteiger partial charge in [-0.15, -0.1) is 0 Å². The van der Waals surface area contributed by atoms with Crippen LogP contribution < -0.4 is 10.1 Å². The van der Waals surface area contributed by atoms with Crippen molar-refractivity contribution in [2.24, 2.45) is 5.41 Å². The van der Waals surface area contributed by atoms with Gasteiger partial charge in [0.15, 0.2) is 0 Å². The van der Waals surface area contributed by atoms with E-state index in [4.69, 9.17) is 9.47 Å². The van der Waals surface area contributed by atoms with Gasteiger partial charge in [-0.25, -0.2) is 4.79 Å². The molecule has 0 aliphatic carbocycles. The second-order valence-corrected chi connectivity index (χ2v) is 9.71. The monoisotopic (exact) mass is 408 g/mol. The van der Waals surface area contributed by atoms with Gasteiger partial charge in [0.2, 0.25) is 0 Å². The molecule has 2 aliphatic heterocycles. The van der Waals surface area contributed by atoms with Gasteiger partial charge in [0.1, 0.15) is 11.4 Å². The van der Waals surface area contributed by atoms with Crippen molar-refractivity contribution in [3.05, 3.63) is 48.0 Å². The van der Waals surface area contributed by atoms with E-state index in [-0.39, 0.29) is 17.1 Å². The van der Waals surface area contributed by atoms with Crippen LogP contribution in [-0.2, 0) is 11.2 Å². The van der Waals surface area contributed by atoms with E-state index < -0.39 is 0 Å². The Kier molecular flexibility index (Phi) is 5.39. The van der Waals surface area contributed by atoms with Crippen LogP contribution in [0.1, 0.15) is 39.2 Å². The maximum absolute atomic E-state index is 12.4. The summed E-state index contributed by atoms with van der Waals surface area (Å²) in [5.74, 6) is 0.981. The maximum Gasteiger partial charge on any atom is 0.409 e. The first-order chi connectivity index (χ1) is 14.3. The van der Waals surface area contributed by atoms with E-state index in [0.29, 0.717) is 19.7 Å².